The van der Waals surface area contributed by atoms with Crippen LogP contribution in [-0.2, 0) is 5.88 Å². The molecule has 0 aliphatic carbocycles. The van der Waals surface area contributed by atoms with Crippen molar-refractivity contribution in [3.63, 3.8) is 0 Å². The van der Waals surface area contributed by atoms with E-state index in [4.69, 9.17) is 16.6 Å². The summed E-state index contributed by atoms with van der Waals surface area (Å²) in [5.74, 6) is 0.452. The molecule has 102 valence electrons. The fourth-order valence-corrected chi connectivity index (χ4v) is 2.88. The molecule has 3 rings (SSSR count). The number of pyridine rings is 1. The molecule has 0 bridgehead atoms. The molecular formula is C17H17ClN2. The van der Waals surface area contributed by atoms with Crippen LogP contribution in [0.25, 0.3) is 16.9 Å². The van der Waals surface area contributed by atoms with Crippen LogP contribution >= 0.6 is 11.6 Å². The Labute approximate surface area is 124 Å². The standard InChI is InChI=1S/C17H17ClN2/c1-11-4-6-14(13(3)8-11)17-15(9-18)20-10-12(2)5-7-16(20)19-17/h4-8,10H,9H2,1-3H3. The van der Waals surface area contributed by atoms with Crippen molar-refractivity contribution in [1.29, 1.82) is 0 Å². The van der Waals surface area contributed by atoms with E-state index in [0.29, 0.717) is 5.88 Å². The van der Waals surface area contributed by atoms with Gasteiger partial charge in [-0.15, -0.1) is 11.6 Å². The SMILES string of the molecule is Cc1ccc(-c2nc3ccc(C)cn3c2CCl)c(C)c1. The number of imidazole rings is 1. The molecule has 0 saturated carbocycles. The van der Waals surface area contributed by atoms with Crippen LogP contribution in [0.2, 0.25) is 0 Å². The molecule has 2 heterocycles. The maximum absolute atomic E-state index is 6.18. The summed E-state index contributed by atoms with van der Waals surface area (Å²) < 4.78 is 2.09. The van der Waals surface area contributed by atoms with Gasteiger partial charge in [-0.25, -0.2) is 4.98 Å². The van der Waals surface area contributed by atoms with Gasteiger partial charge in [-0.1, -0.05) is 29.8 Å². The maximum atomic E-state index is 6.18. The van der Waals surface area contributed by atoms with Gasteiger partial charge in [-0.05, 0) is 38.0 Å². The lowest BCUT2D eigenvalue weighted by Crippen LogP contribution is -1.93. The number of hydrogen-bond donors (Lipinski definition) is 0. The van der Waals surface area contributed by atoms with E-state index in [1.807, 2.05) is 6.07 Å². The Bertz CT molecular complexity index is 787. The van der Waals surface area contributed by atoms with Crippen LogP contribution < -0.4 is 0 Å². The first-order valence-electron chi connectivity index (χ1n) is 6.71. The third kappa shape index (κ3) is 2.10. The fourth-order valence-electron chi connectivity index (χ4n) is 2.62. The predicted octanol–water partition coefficient (Wildman–Crippen LogP) is 4.67. The van der Waals surface area contributed by atoms with Crippen molar-refractivity contribution in [3.05, 3.63) is 58.9 Å². The van der Waals surface area contributed by atoms with Crippen LogP contribution in [0.4, 0.5) is 0 Å². The van der Waals surface area contributed by atoms with Crippen molar-refractivity contribution in [2.75, 3.05) is 0 Å². The van der Waals surface area contributed by atoms with Crippen molar-refractivity contribution in [2.24, 2.45) is 0 Å². The first kappa shape index (κ1) is 13.2. The van der Waals surface area contributed by atoms with E-state index in [1.165, 1.54) is 16.7 Å². The molecule has 0 aliphatic rings. The lowest BCUT2D eigenvalue weighted by molar-refractivity contribution is 1.07. The van der Waals surface area contributed by atoms with Crippen LogP contribution in [0.1, 0.15) is 22.4 Å². The zero-order valence-corrected chi connectivity index (χ0v) is 12.7. The lowest BCUT2D eigenvalue weighted by Gasteiger charge is -2.06. The van der Waals surface area contributed by atoms with Gasteiger partial charge in [0.25, 0.3) is 0 Å². The Hall–Kier alpha value is -1.80. The minimum absolute atomic E-state index is 0.452. The summed E-state index contributed by atoms with van der Waals surface area (Å²) in [5, 5.41) is 0. The number of alkyl halides is 1. The molecule has 2 aromatic heterocycles. The molecule has 0 atom stereocenters. The van der Waals surface area contributed by atoms with Crippen LogP contribution in [-0.4, -0.2) is 9.38 Å². The number of fused-ring (bicyclic) bond motifs is 1. The largest absolute Gasteiger partial charge is 0.302 e. The average molecular weight is 285 g/mol. The van der Waals surface area contributed by atoms with Crippen LogP contribution in [0, 0.1) is 20.8 Å². The minimum atomic E-state index is 0.452. The van der Waals surface area contributed by atoms with E-state index in [-0.39, 0.29) is 0 Å². The van der Waals surface area contributed by atoms with E-state index in [1.54, 1.807) is 0 Å². The molecule has 0 saturated heterocycles. The number of nitrogens with zero attached hydrogens (tertiary/aromatic N) is 2. The van der Waals surface area contributed by atoms with Crippen LogP contribution in [0.3, 0.4) is 0 Å². The summed E-state index contributed by atoms with van der Waals surface area (Å²) in [5.41, 5.74) is 7.84. The second-order valence-electron chi connectivity index (χ2n) is 5.29. The van der Waals surface area contributed by atoms with Gasteiger partial charge < -0.3 is 4.40 Å². The van der Waals surface area contributed by atoms with Crippen molar-refractivity contribution in [2.45, 2.75) is 26.7 Å². The van der Waals surface area contributed by atoms with E-state index in [2.05, 4.69) is 55.6 Å². The van der Waals surface area contributed by atoms with Gasteiger partial charge in [0.15, 0.2) is 0 Å². The molecule has 0 radical (unpaired) electrons. The van der Waals surface area contributed by atoms with Gasteiger partial charge in [0.05, 0.1) is 17.3 Å². The van der Waals surface area contributed by atoms with Gasteiger partial charge in [0, 0.05) is 11.8 Å². The summed E-state index contributed by atoms with van der Waals surface area (Å²) in [6.45, 7) is 6.30. The summed E-state index contributed by atoms with van der Waals surface area (Å²) in [4.78, 5) is 4.76. The molecule has 2 nitrogen and oxygen atoms in total. The van der Waals surface area contributed by atoms with Crippen molar-refractivity contribution in [1.82, 2.24) is 9.38 Å². The number of aryl methyl sites for hydroxylation is 3. The third-order valence-corrected chi connectivity index (χ3v) is 3.88. The minimum Gasteiger partial charge on any atom is -0.302 e. The Balaban J connectivity index is 2.30. The van der Waals surface area contributed by atoms with Crippen molar-refractivity contribution in [3.8, 4) is 11.3 Å². The molecule has 20 heavy (non-hydrogen) atoms. The van der Waals surface area contributed by atoms with Gasteiger partial charge >= 0.3 is 0 Å². The first-order chi connectivity index (χ1) is 9.60. The molecule has 3 aromatic rings. The molecule has 0 amide bonds. The normalized spacial score (nSPS) is 11.2. The molecule has 1 aromatic carbocycles. The lowest BCUT2D eigenvalue weighted by atomic mass is 10.0. The maximum Gasteiger partial charge on any atom is 0.137 e. The average Bonchev–Trinajstić information content (AvgIpc) is 2.76. The highest BCUT2D eigenvalue weighted by atomic mass is 35.5. The van der Waals surface area contributed by atoms with E-state index in [9.17, 15) is 0 Å². The smallest absolute Gasteiger partial charge is 0.137 e. The second kappa shape index (κ2) is 4.95. The Morgan fingerprint density at radius 2 is 1.80 bits per heavy atom. The van der Waals surface area contributed by atoms with E-state index in [0.717, 1.165) is 22.6 Å². The monoisotopic (exact) mass is 284 g/mol. The Kier molecular flexibility index (Phi) is 3.27. The number of rotatable bonds is 2. The molecule has 0 N–H and O–H groups in total. The number of benzene rings is 1. The number of hydrogen-bond acceptors (Lipinski definition) is 1. The van der Waals surface area contributed by atoms with Crippen molar-refractivity contribution < 1.29 is 0 Å². The number of halogens is 1. The zero-order valence-electron chi connectivity index (χ0n) is 11.9. The summed E-state index contributed by atoms with van der Waals surface area (Å²) in [7, 11) is 0. The highest BCUT2D eigenvalue weighted by Crippen LogP contribution is 2.29. The van der Waals surface area contributed by atoms with Gasteiger partial charge in [0.2, 0.25) is 0 Å². The third-order valence-electron chi connectivity index (χ3n) is 3.63. The van der Waals surface area contributed by atoms with Gasteiger partial charge in [-0.2, -0.15) is 0 Å². The summed E-state index contributed by atoms with van der Waals surface area (Å²) >= 11 is 6.18. The van der Waals surface area contributed by atoms with Crippen LogP contribution in [0.15, 0.2) is 36.5 Å². The van der Waals surface area contributed by atoms with Gasteiger partial charge in [0.1, 0.15) is 5.65 Å². The predicted molar refractivity (Wildman–Crippen MR) is 84.4 cm³/mol. The first-order valence-corrected chi connectivity index (χ1v) is 7.25. The highest BCUT2D eigenvalue weighted by molar-refractivity contribution is 6.17. The topological polar surface area (TPSA) is 17.3 Å². The second-order valence-corrected chi connectivity index (χ2v) is 5.56. The number of aromatic nitrogens is 2. The molecule has 3 heteroatoms. The summed E-state index contributed by atoms with van der Waals surface area (Å²) in [6, 6.07) is 10.6. The molecule has 0 unspecified atom stereocenters. The van der Waals surface area contributed by atoms with E-state index >= 15 is 0 Å². The zero-order chi connectivity index (χ0) is 14.3. The molecule has 0 fully saturated rings. The summed E-state index contributed by atoms with van der Waals surface area (Å²) in [6.07, 6.45) is 2.09. The van der Waals surface area contributed by atoms with Crippen molar-refractivity contribution >= 4 is 17.2 Å². The van der Waals surface area contributed by atoms with Gasteiger partial charge in [-0.3, -0.25) is 0 Å². The van der Waals surface area contributed by atoms with Crippen LogP contribution in [0.5, 0.6) is 0 Å². The quantitative estimate of drug-likeness (QED) is 0.625. The Morgan fingerprint density at radius 3 is 2.50 bits per heavy atom. The molecule has 0 spiro atoms. The van der Waals surface area contributed by atoms with E-state index < -0.39 is 0 Å². The molecular weight excluding hydrogens is 268 g/mol. The highest BCUT2D eigenvalue weighted by Gasteiger charge is 2.14. The fraction of sp³-hybridized carbons (Fsp3) is 0.235. The Morgan fingerprint density at radius 1 is 1.05 bits per heavy atom. The molecule has 0 aliphatic heterocycles.